The Morgan fingerprint density at radius 2 is 1.78 bits per heavy atom. The second-order valence-electron chi connectivity index (χ2n) is 22.4. The summed E-state index contributed by atoms with van der Waals surface area (Å²) in [6.07, 6.45) is 2.87. The highest BCUT2D eigenvalue weighted by molar-refractivity contribution is 6.35. The van der Waals surface area contributed by atoms with Crippen LogP contribution in [0.15, 0.2) is 66.3 Å². The normalized spacial score (nSPS) is 25.9. The standard InChI is InChI=1S/C57H84ClN7O12/c1-36-18-16-17-23-57(71)33-45(75-53(70)61-57)37(2)51-56(8,77-51)46(32-49(68)64(12)43-29-39(28-36)30-44(72-13)50(43)58)76-52(69)38(3)63(11)48(67)22-26-73-54(4,5)24-27-74-55(6,7)35-60-47(66)21-25-65-41(34-62(10)59-9)31-40-19-14-15-20-42(40)65/h14-20,29-31,37-38,45-46,51,53,59,61,70-71H,21-28,32-35H2,1-13H3,(H,60,66)/b17-16+,36-18+/t37-,38+,45+,46+,51?,53?,56+,57-/m1/s1. The third-order valence-electron chi connectivity index (χ3n) is 15.2. The van der Waals surface area contributed by atoms with Crippen LogP contribution in [0.4, 0.5) is 5.69 Å². The zero-order valence-corrected chi connectivity index (χ0v) is 48.1. The molecule has 0 aliphatic carbocycles. The lowest BCUT2D eigenvalue weighted by molar-refractivity contribution is -0.252. The number of hydrazine groups is 1. The van der Waals surface area contributed by atoms with Crippen molar-refractivity contribution in [1.82, 2.24) is 30.5 Å². The van der Waals surface area contributed by atoms with Crippen molar-refractivity contribution >= 4 is 51.9 Å². The number of amides is 3. The first-order valence-corrected chi connectivity index (χ1v) is 27.0. The van der Waals surface area contributed by atoms with Gasteiger partial charge >= 0.3 is 5.97 Å². The molecule has 8 atom stereocenters. The number of hydrogen-bond acceptors (Lipinski definition) is 15. The number of aromatic nitrogens is 1. The maximum Gasteiger partial charge on any atom is 0.328 e. The molecule has 77 heavy (non-hydrogen) atoms. The number of esters is 1. The lowest BCUT2D eigenvalue weighted by Crippen LogP contribution is -2.60. The number of fused-ring (bicyclic) bond motifs is 6. The molecule has 2 aromatic carbocycles. The van der Waals surface area contributed by atoms with Gasteiger partial charge in [-0.25, -0.2) is 15.1 Å². The van der Waals surface area contributed by atoms with Gasteiger partial charge in [-0.2, -0.15) is 0 Å². The minimum absolute atomic E-state index is 0.0294. The first kappa shape index (κ1) is 61.3. The van der Waals surface area contributed by atoms with Gasteiger partial charge < -0.3 is 58.3 Å². The Bertz CT molecular complexity index is 2620. The molecule has 2 fully saturated rings. The Balaban J connectivity index is 1.03. The molecule has 5 N–H and O–H groups in total. The molecule has 1 aromatic heterocycles. The summed E-state index contributed by atoms with van der Waals surface area (Å²) >= 11 is 6.83. The lowest BCUT2D eigenvalue weighted by atomic mass is 9.84. The van der Waals surface area contributed by atoms with Crippen LogP contribution < -0.4 is 25.7 Å². The van der Waals surface area contributed by atoms with Crippen LogP contribution in [-0.4, -0.2) is 157 Å². The Morgan fingerprint density at radius 1 is 1.06 bits per heavy atom. The SMILES string of the molecule is CNN(C)Cc1cc2ccccc2n1CCC(=O)NCC(C)(C)OCCC(C)(C)OCCC(=O)N(C)[C@@H](C)C(=O)O[C@H]1CC(=O)N(C)c2cc(cc(OC)c2Cl)C/C(C)=C/C=C/C[C@@]2(O)C[C@H](OC(O)N2)[C@@H](C)C2O[C@]21C. The van der Waals surface area contributed by atoms with E-state index < -0.39 is 71.1 Å². The predicted octanol–water partition coefficient (Wildman–Crippen LogP) is 6.14. The zero-order chi connectivity index (χ0) is 56.6. The monoisotopic (exact) mass is 1090 g/mol. The number of allylic oxidation sites excluding steroid dienone is 3. The van der Waals surface area contributed by atoms with Crippen LogP contribution in [0.25, 0.3) is 10.9 Å². The van der Waals surface area contributed by atoms with Crippen molar-refractivity contribution in [2.75, 3.05) is 60.0 Å². The molecule has 6 rings (SSSR count). The minimum atomic E-state index is -1.51. The maximum absolute atomic E-state index is 14.4. The van der Waals surface area contributed by atoms with Crippen molar-refractivity contribution in [1.29, 1.82) is 0 Å². The summed E-state index contributed by atoms with van der Waals surface area (Å²) in [6.45, 7) is 16.7. The Kier molecular flexibility index (Phi) is 20.6. The fraction of sp³-hybridized carbons (Fsp3) is 0.614. The number of aliphatic hydroxyl groups is 2. The first-order valence-electron chi connectivity index (χ1n) is 26.6. The summed E-state index contributed by atoms with van der Waals surface area (Å²) in [5.41, 5.74) is 3.48. The molecule has 3 amide bonds. The number of nitrogens with zero attached hydrogens (tertiary/aromatic N) is 4. The van der Waals surface area contributed by atoms with Crippen molar-refractivity contribution < 1.29 is 57.8 Å². The number of rotatable bonds is 20. The van der Waals surface area contributed by atoms with E-state index in [1.54, 1.807) is 20.9 Å². The number of para-hydroxylation sites is 1. The summed E-state index contributed by atoms with van der Waals surface area (Å²) in [5.74, 6) is -1.70. The summed E-state index contributed by atoms with van der Waals surface area (Å²) in [4.78, 5) is 57.9. The highest BCUT2D eigenvalue weighted by atomic mass is 35.5. The number of epoxide rings is 1. The molecular formula is C57H84ClN7O12. The number of aliphatic hydroxyl groups excluding tert-OH is 1. The average Bonchev–Trinajstić information content (AvgIpc) is 3.97. The van der Waals surface area contributed by atoms with Crippen molar-refractivity contribution in [3.05, 3.63) is 82.5 Å². The van der Waals surface area contributed by atoms with E-state index in [-0.39, 0.29) is 49.1 Å². The first-order chi connectivity index (χ1) is 36.2. The Hall–Kier alpha value is -4.93. The summed E-state index contributed by atoms with van der Waals surface area (Å²) < 4.78 is 38.7. The number of ether oxygens (including phenoxy) is 6. The molecule has 2 saturated heterocycles. The highest BCUT2D eigenvalue weighted by Gasteiger charge is 2.64. The van der Waals surface area contributed by atoms with Crippen molar-refractivity contribution in [3.8, 4) is 5.75 Å². The number of hydrogen-bond donors (Lipinski definition) is 5. The second-order valence-corrected chi connectivity index (χ2v) is 22.8. The van der Waals surface area contributed by atoms with E-state index in [0.717, 1.165) is 27.7 Å². The van der Waals surface area contributed by atoms with Gasteiger partial charge in [-0.1, -0.05) is 60.5 Å². The molecule has 3 aliphatic rings. The van der Waals surface area contributed by atoms with Crippen LogP contribution in [0.2, 0.25) is 5.02 Å². The van der Waals surface area contributed by atoms with Gasteiger partial charge in [0.2, 0.25) is 24.1 Å². The molecule has 0 radical (unpaired) electrons. The number of nitrogens with one attached hydrogen (secondary N) is 3. The molecule has 2 unspecified atom stereocenters. The molecule has 0 spiro atoms. The third kappa shape index (κ3) is 16.1. The van der Waals surface area contributed by atoms with Gasteiger partial charge in [0.15, 0.2) is 0 Å². The van der Waals surface area contributed by atoms with Crippen LogP contribution in [0.3, 0.4) is 0 Å². The fourth-order valence-corrected chi connectivity index (χ4v) is 10.3. The smallest absolute Gasteiger partial charge is 0.328 e. The van der Waals surface area contributed by atoms with Gasteiger partial charge in [-0.05, 0) is 104 Å². The molecule has 19 nitrogen and oxygen atoms in total. The van der Waals surface area contributed by atoms with Gasteiger partial charge in [0.05, 0.1) is 68.8 Å². The maximum atomic E-state index is 14.4. The van der Waals surface area contributed by atoms with Gasteiger partial charge in [0, 0.05) is 70.6 Å². The van der Waals surface area contributed by atoms with E-state index in [2.05, 4.69) is 38.8 Å². The summed E-state index contributed by atoms with van der Waals surface area (Å²) in [6, 6.07) is 12.9. The van der Waals surface area contributed by atoms with Crippen LogP contribution in [0.1, 0.15) is 105 Å². The molecule has 3 aliphatic heterocycles. The average molecular weight is 1090 g/mol. The Labute approximate surface area is 459 Å². The largest absolute Gasteiger partial charge is 0.495 e. The number of halogens is 1. The van der Waals surface area contributed by atoms with Crippen molar-refractivity contribution in [2.45, 2.75) is 167 Å². The van der Waals surface area contributed by atoms with Crippen molar-refractivity contribution in [2.24, 2.45) is 5.92 Å². The van der Waals surface area contributed by atoms with E-state index in [0.29, 0.717) is 56.9 Å². The van der Waals surface area contributed by atoms with E-state index in [1.165, 1.54) is 24.0 Å². The van der Waals surface area contributed by atoms with Crippen LogP contribution >= 0.6 is 11.6 Å². The lowest BCUT2D eigenvalue weighted by Gasteiger charge is -2.42. The topological polar surface area (TPSA) is 218 Å². The molecule has 0 saturated carbocycles. The van der Waals surface area contributed by atoms with Gasteiger partial charge in [-0.3, -0.25) is 19.8 Å². The van der Waals surface area contributed by atoms with E-state index in [4.69, 9.17) is 40.0 Å². The predicted molar refractivity (Wildman–Crippen MR) is 295 cm³/mol. The molecular weight excluding hydrogens is 1010 g/mol. The third-order valence-corrected chi connectivity index (χ3v) is 15.6. The quantitative estimate of drug-likeness (QED) is 0.0488. The van der Waals surface area contributed by atoms with Gasteiger partial charge in [0.1, 0.15) is 34.2 Å². The van der Waals surface area contributed by atoms with E-state index >= 15 is 0 Å². The molecule has 3 aromatic rings. The second kappa shape index (κ2) is 25.9. The molecule has 20 heteroatoms. The number of carbonyl (C=O) groups is 4. The van der Waals surface area contributed by atoms with Crippen LogP contribution in [-0.2, 0) is 62.4 Å². The fourth-order valence-electron chi connectivity index (χ4n) is 9.94. The number of methoxy groups -OCH3 is 1. The van der Waals surface area contributed by atoms with E-state index in [1.807, 2.05) is 103 Å². The van der Waals surface area contributed by atoms with Gasteiger partial charge in [0.25, 0.3) is 0 Å². The number of anilines is 1. The number of carbonyl (C=O) groups excluding carboxylic acids is 4. The minimum Gasteiger partial charge on any atom is -0.495 e. The highest BCUT2D eigenvalue weighted by Crippen LogP contribution is 2.49. The molecule has 4 heterocycles. The Morgan fingerprint density at radius 3 is 2.49 bits per heavy atom. The van der Waals surface area contributed by atoms with Crippen LogP contribution in [0.5, 0.6) is 5.75 Å². The number of likely N-dealkylation sites (N-methyl/N-ethyl adjacent to an activating group) is 1. The van der Waals surface area contributed by atoms with Crippen molar-refractivity contribution in [3.63, 3.8) is 0 Å². The van der Waals surface area contributed by atoms with Gasteiger partial charge in [-0.15, -0.1) is 0 Å². The van der Waals surface area contributed by atoms with Crippen LogP contribution in [0, 0.1) is 5.92 Å². The number of aryl methyl sites for hydroxylation is 1. The molecule has 4 bridgehead atoms. The zero-order valence-electron chi connectivity index (χ0n) is 47.4. The summed E-state index contributed by atoms with van der Waals surface area (Å²) in [7, 11) is 8.45. The van der Waals surface area contributed by atoms with E-state index in [9.17, 15) is 29.4 Å². The number of benzene rings is 2. The molecule has 426 valence electrons. The summed E-state index contributed by atoms with van der Waals surface area (Å²) in [5, 5.41) is 31.5.